The summed E-state index contributed by atoms with van der Waals surface area (Å²) in [7, 11) is 0. The van der Waals surface area contributed by atoms with E-state index in [1.165, 1.54) is 30.5 Å². The Morgan fingerprint density at radius 1 is 1.15 bits per heavy atom. The van der Waals surface area contributed by atoms with Crippen LogP contribution in [0.3, 0.4) is 0 Å². The number of carbonyl (C=O) groups excluding carboxylic acids is 1. The molecule has 0 atom stereocenters. The summed E-state index contributed by atoms with van der Waals surface area (Å²) in [5.41, 5.74) is 1.68. The van der Waals surface area contributed by atoms with Crippen molar-refractivity contribution in [2.24, 2.45) is 5.16 Å². The summed E-state index contributed by atoms with van der Waals surface area (Å²) in [4.78, 5) is 16.5. The number of alkyl halides is 2. The molecular weight excluding hydrogens is 366 g/mol. The minimum atomic E-state index is -2.86. The van der Waals surface area contributed by atoms with E-state index in [0.29, 0.717) is 23.6 Å². The van der Waals surface area contributed by atoms with E-state index >= 15 is 0 Å². The third-order valence-corrected chi connectivity index (χ3v) is 3.48. The number of ether oxygens (including phenoxy) is 1. The third-order valence-electron chi connectivity index (χ3n) is 3.23. The smallest absolute Gasteiger partial charge is 0.387 e. The molecule has 0 aliphatic carbocycles. The number of nitrogens with zero attached hydrogens (tertiary/aromatic N) is 1. The molecule has 2 aromatic rings. The molecule has 138 valence electrons. The van der Waals surface area contributed by atoms with Crippen molar-refractivity contribution in [3.63, 3.8) is 0 Å². The number of halogens is 3. The lowest BCUT2D eigenvalue weighted by atomic mass is 10.1. The van der Waals surface area contributed by atoms with E-state index in [9.17, 15) is 13.6 Å². The van der Waals surface area contributed by atoms with Gasteiger partial charge in [0.2, 0.25) is 0 Å². The summed E-state index contributed by atoms with van der Waals surface area (Å²) >= 11 is 5.80. The van der Waals surface area contributed by atoms with Crippen LogP contribution in [0.5, 0.6) is 5.75 Å². The zero-order chi connectivity index (χ0) is 18.8. The van der Waals surface area contributed by atoms with Crippen LogP contribution in [0.2, 0.25) is 5.02 Å². The van der Waals surface area contributed by atoms with Crippen LogP contribution in [-0.4, -0.2) is 31.9 Å². The summed E-state index contributed by atoms with van der Waals surface area (Å²) in [5.74, 6) is -0.241. The lowest BCUT2D eigenvalue weighted by Gasteiger charge is -2.05. The van der Waals surface area contributed by atoms with Crippen molar-refractivity contribution in [2.45, 2.75) is 13.0 Å². The van der Waals surface area contributed by atoms with Crippen molar-refractivity contribution < 1.29 is 23.1 Å². The summed E-state index contributed by atoms with van der Waals surface area (Å²) in [5, 5.41) is 7.04. The number of nitrogens with one attached hydrogen (secondary N) is 1. The van der Waals surface area contributed by atoms with Crippen LogP contribution in [0.15, 0.2) is 53.7 Å². The van der Waals surface area contributed by atoms with Gasteiger partial charge in [-0.15, -0.1) is 0 Å². The quantitative estimate of drug-likeness (QED) is 0.532. The molecule has 0 heterocycles. The molecule has 0 radical (unpaired) electrons. The van der Waals surface area contributed by atoms with Crippen LogP contribution in [0, 0.1) is 0 Å². The van der Waals surface area contributed by atoms with E-state index in [0.717, 1.165) is 5.56 Å². The Morgan fingerprint density at radius 2 is 1.85 bits per heavy atom. The fourth-order valence-corrected chi connectivity index (χ4v) is 2.10. The second kappa shape index (κ2) is 10.4. The first-order valence-corrected chi connectivity index (χ1v) is 8.12. The van der Waals surface area contributed by atoms with Crippen molar-refractivity contribution in [3.8, 4) is 5.75 Å². The minimum Gasteiger partial charge on any atom is -0.435 e. The van der Waals surface area contributed by atoms with Crippen LogP contribution in [0.25, 0.3) is 0 Å². The predicted octanol–water partition coefficient (Wildman–Crippen LogP) is 3.65. The van der Waals surface area contributed by atoms with Crippen molar-refractivity contribution in [2.75, 3.05) is 13.2 Å². The van der Waals surface area contributed by atoms with Crippen LogP contribution in [0.4, 0.5) is 8.78 Å². The van der Waals surface area contributed by atoms with Gasteiger partial charge in [0.1, 0.15) is 5.75 Å². The molecule has 2 aromatic carbocycles. The fraction of sp³-hybridized carbons (Fsp3) is 0.222. The molecule has 0 aliphatic rings. The van der Waals surface area contributed by atoms with E-state index in [4.69, 9.17) is 16.4 Å². The molecule has 1 N–H and O–H groups in total. The SMILES string of the molecule is O=C(CO/N=C\c1ccc(OC(F)F)cc1)NCCc1ccc(Cl)cc1. The summed E-state index contributed by atoms with van der Waals surface area (Å²) in [6.07, 6.45) is 2.05. The first-order chi connectivity index (χ1) is 12.5. The number of rotatable bonds is 9. The molecule has 0 unspecified atom stereocenters. The topological polar surface area (TPSA) is 59.9 Å². The maximum atomic E-state index is 12.0. The average Bonchev–Trinajstić information content (AvgIpc) is 2.61. The molecule has 0 bridgehead atoms. The number of amides is 1. The molecule has 0 aliphatic heterocycles. The highest BCUT2D eigenvalue weighted by molar-refractivity contribution is 6.30. The molecular formula is C18H17ClF2N2O3. The van der Waals surface area contributed by atoms with Gasteiger partial charge in [-0.2, -0.15) is 8.78 Å². The van der Waals surface area contributed by atoms with E-state index in [1.54, 1.807) is 12.1 Å². The highest BCUT2D eigenvalue weighted by atomic mass is 35.5. The Morgan fingerprint density at radius 3 is 2.50 bits per heavy atom. The summed E-state index contributed by atoms with van der Waals surface area (Å²) in [6.45, 7) is -2.61. The number of benzene rings is 2. The number of hydrogen-bond donors (Lipinski definition) is 1. The van der Waals surface area contributed by atoms with Crippen LogP contribution in [0.1, 0.15) is 11.1 Å². The van der Waals surface area contributed by atoms with Gasteiger partial charge in [0.05, 0.1) is 6.21 Å². The van der Waals surface area contributed by atoms with Crippen LogP contribution >= 0.6 is 11.6 Å². The van der Waals surface area contributed by atoms with Crippen LogP contribution in [-0.2, 0) is 16.1 Å². The zero-order valence-electron chi connectivity index (χ0n) is 13.7. The van der Waals surface area contributed by atoms with Gasteiger partial charge >= 0.3 is 6.61 Å². The monoisotopic (exact) mass is 382 g/mol. The summed E-state index contributed by atoms with van der Waals surface area (Å²) < 4.78 is 28.3. The summed E-state index contributed by atoms with van der Waals surface area (Å²) in [6, 6.07) is 13.2. The van der Waals surface area contributed by atoms with Crippen molar-refractivity contribution in [1.82, 2.24) is 5.32 Å². The average molecular weight is 383 g/mol. The standard InChI is InChI=1S/C18H17ClF2N2O3/c19-15-5-1-13(2-6-15)9-10-22-17(24)12-25-23-11-14-3-7-16(8-4-14)26-18(20)21/h1-8,11,18H,9-10,12H2,(H,22,24)/b23-11-. The second-order valence-electron chi connectivity index (χ2n) is 5.18. The third kappa shape index (κ3) is 7.48. The normalized spacial score (nSPS) is 10.9. The molecule has 0 spiro atoms. The molecule has 2 rings (SSSR count). The molecule has 26 heavy (non-hydrogen) atoms. The zero-order valence-corrected chi connectivity index (χ0v) is 14.5. The lowest BCUT2D eigenvalue weighted by molar-refractivity contribution is -0.125. The van der Waals surface area contributed by atoms with E-state index < -0.39 is 6.61 Å². The van der Waals surface area contributed by atoms with Gasteiger partial charge < -0.3 is 14.9 Å². The second-order valence-corrected chi connectivity index (χ2v) is 5.62. The van der Waals surface area contributed by atoms with Crippen molar-refractivity contribution in [3.05, 3.63) is 64.7 Å². The Balaban J connectivity index is 1.64. The van der Waals surface area contributed by atoms with Gasteiger partial charge in [-0.1, -0.05) is 28.9 Å². The Labute approximate surface area is 154 Å². The molecule has 0 aromatic heterocycles. The molecule has 0 fully saturated rings. The van der Waals surface area contributed by atoms with E-state index in [1.807, 2.05) is 12.1 Å². The maximum Gasteiger partial charge on any atom is 0.387 e. The fourth-order valence-electron chi connectivity index (χ4n) is 1.98. The Kier molecular flexibility index (Phi) is 7.82. The number of oxime groups is 1. The first-order valence-electron chi connectivity index (χ1n) is 7.74. The lowest BCUT2D eigenvalue weighted by Crippen LogP contribution is -2.28. The van der Waals surface area contributed by atoms with Gasteiger partial charge in [0.25, 0.3) is 5.91 Å². The number of carbonyl (C=O) groups is 1. The predicted molar refractivity (Wildman–Crippen MR) is 94.8 cm³/mol. The van der Waals surface area contributed by atoms with Gasteiger partial charge in [-0.05, 0) is 53.9 Å². The van der Waals surface area contributed by atoms with Crippen molar-refractivity contribution in [1.29, 1.82) is 0 Å². The highest BCUT2D eigenvalue weighted by Crippen LogP contribution is 2.14. The molecule has 0 saturated heterocycles. The minimum absolute atomic E-state index is 0.0538. The van der Waals surface area contributed by atoms with E-state index in [-0.39, 0.29) is 18.3 Å². The Hall–Kier alpha value is -2.67. The van der Waals surface area contributed by atoms with E-state index in [2.05, 4.69) is 15.2 Å². The van der Waals surface area contributed by atoms with Gasteiger partial charge in [-0.3, -0.25) is 4.79 Å². The number of hydrogen-bond acceptors (Lipinski definition) is 4. The molecule has 5 nitrogen and oxygen atoms in total. The highest BCUT2D eigenvalue weighted by Gasteiger charge is 2.03. The van der Waals surface area contributed by atoms with Crippen LogP contribution < -0.4 is 10.1 Å². The largest absolute Gasteiger partial charge is 0.435 e. The van der Waals surface area contributed by atoms with Gasteiger partial charge in [0, 0.05) is 11.6 Å². The van der Waals surface area contributed by atoms with Crippen molar-refractivity contribution >= 4 is 23.7 Å². The van der Waals surface area contributed by atoms with Gasteiger partial charge in [0.15, 0.2) is 6.61 Å². The maximum absolute atomic E-state index is 12.0. The Bertz CT molecular complexity index is 722. The van der Waals surface area contributed by atoms with Gasteiger partial charge in [-0.25, -0.2) is 0 Å². The molecule has 0 saturated carbocycles. The molecule has 8 heteroatoms. The molecule has 1 amide bonds. The first kappa shape index (κ1) is 19.7.